The lowest BCUT2D eigenvalue weighted by Crippen LogP contribution is -2.62. The van der Waals surface area contributed by atoms with E-state index in [2.05, 4.69) is 23.1 Å². The molecule has 2 aromatic carbocycles. The van der Waals surface area contributed by atoms with E-state index in [-0.39, 0.29) is 23.3 Å². The Morgan fingerprint density at radius 3 is 2.54 bits per heavy atom. The summed E-state index contributed by atoms with van der Waals surface area (Å²) in [6.07, 6.45) is 0.768. The normalized spacial score (nSPS) is 24.4. The first-order chi connectivity index (χ1) is 13.7. The van der Waals surface area contributed by atoms with Crippen LogP contribution in [0.15, 0.2) is 54.6 Å². The predicted octanol–water partition coefficient (Wildman–Crippen LogP) is 4.23. The number of hydrogen-bond acceptors (Lipinski definition) is 4. The highest BCUT2D eigenvalue weighted by Crippen LogP contribution is 2.44. The maximum Gasteiger partial charge on any atom is 0.309 e. The molecule has 0 aliphatic carbocycles. The number of carbonyl (C=O) groups excluding carboxylic acids is 1. The third kappa shape index (κ3) is 3.45. The molecule has 4 rings (SSSR count). The average molecular weight is 400 g/mol. The second-order valence-electron chi connectivity index (χ2n) is 7.61. The Bertz CT molecular complexity index is 822. The van der Waals surface area contributed by atoms with Crippen LogP contribution in [0, 0.1) is 5.92 Å². The Morgan fingerprint density at radius 2 is 1.89 bits per heavy atom. The van der Waals surface area contributed by atoms with E-state index in [0.717, 1.165) is 30.1 Å². The number of benzene rings is 2. The van der Waals surface area contributed by atoms with Crippen molar-refractivity contribution in [1.82, 2.24) is 4.90 Å². The number of piperidine rings is 1. The molecule has 2 fully saturated rings. The first-order valence-electron chi connectivity index (χ1n) is 9.95. The number of esters is 1. The quantitative estimate of drug-likeness (QED) is 0.705. The van der Waals surface area contributed by atoms with Crippen LogP contribution in [0.3, 0.4) is 0 Å². The zero-order valence-corrected chi connectivity index (χ0v) is 16.9. The van der Waals surface area contributed by atoms with Gasteiger partial charge in [-0.25, -0.2) is 0 Å². The second kappa shape index (κ2) is 8.24. The lowest BCUT2D eigenvalue weighted by atomic mass is 9.76. The van der Waals surface area contributed by atoms with Crippen LogP contribution in [0.1, 0.15) is 30.4 Å². The summed E-state index contributed by atoms with van der Waals surface area (Å²) < 4.78 is 11.1. The van der Waals surface area contributed by atoms with Gasteiger partial charge in [0.15, 0.2) is 0 Å². The van der Waals surface area contributed by atoms with Crippen molar-refractivity contribution in [1.29, 1.82) is 0 Å². The summed E-state index contributed by atoms with van der Waals surface area (Å²) in [7, 11) is 0. The van der Waals surface area contributed by atoms with Crippen LogP contribution in [-0.2, 0) is 19.8 Å². The summed E-state index contributed by atoms with van der Waals surface area (Å²) >= 11 is 6.56. The second-order valence-corrected chi connectivity index (χ2v) is 8.02. The van der Waals surface area contributed by atoms with E-state index >= 15 is 0 Å². The van der Waals surface area contributed by atoms with Gasteiger partial charge < -0.3 is 9.47 Å². The van der Waals surface area contributed by atoms with E-state index in [4.69, 9.17) is 21.1 Å². The number of likely N-dealkylation sites (tertiary alicyclic amines) is 1. The molecule has 0 radical (unpaired) electrons. The van der Waals surface area contributed by atoms with E-state index < -0.39 is 0 Å². The highest BCUT2D eigenvalue weighted by atomic mass is 35.5. The van der Waals surface area contributed by atoms with Crippen LogP contribution in [0.4, 0.5) is 0 Å². The Balaban J connectivity index is 1.65. The maximum atomic E-state index is 12.7. The molecule has 4 nitrogen and oxygen atoms in total. The number of carbonyl (C=O) groups is 1. The summed E-state index contributed by atoms with van der Waals surface area (Å²) in [5.41, 5.74) is 2.08. The standard InChI is InChI=1S/C23H26ClNO3/c1-2-28-22(26)18-12-13-25(14-19(18)17-8-4-3-5-9-17)23(15-27-16-23)20-10-6-7-11-21(20)24/h3-11,18-19H,2,12-16H2,1H3/t18-,19+/m1/s1. The highest BCUT2D eigenvalue weighted by molar-refractivity contribution is 6.31. The average Bonchev–Trinajstić information content (AvgIpc) is 2.69. The Kier molecular flexibility index (Phi) is 5.72. The fourth-order valence-corrected chi connectivity index (χ4v) is 4.86. The van der Waals surface area contributed by atoms with E-state index in [1.807, 2.05) is 43.3 Å². The van der Waals surface area contributed by atoms with Crippen molar-refractivity contribution in [3.63, 3.8) is 0 Å². The van der Waals surface area contributed by atoms with Crippen molar-refractivity contribution >= 4 is 17.6 Å². The van der Waals surface area contributed by atoms with Crippen LogP contribution in [-0.4, -0.2) is 43.8 Å². The molecule has 2 aromatic rings. The van der Waals surface area contributed by atoms with Crippen molar-refractivity contribution in [2.75, 3.05) is 32.9 Å². The molecule has 0 bridgehead atoms. The van der Waals surface area contributed by atoms with E-state index in [1.165, 1.54) is 5.56 Å². The molecule has 0 aromatic heterocycles. The summed E-state index contributed by atoms with van der Waals surface area (Å²) in [6, 6.07) is 18.3. The molecule has 2 heterocycles. The molecule has 0 amide bonds. The third-order valence-corrected chi connectivity index (χ3v) is 6.42. The minimum absolute atomic E-state index is 0.0901. The number of rotatable bonds is 5. The van der Waals surface area contributed by atoms with Crippen LogP contribution in [0.5, 0.6) is 0 Å². The number of ether oxygens (including phenoxy) is 2. The van der Waals surface area contributed by atoms with Gasteiger partial charge in [0.05, 0.1) is 31.3 Å². The minimum Gasteiger partial charge on any atom is -0.466 e. The van der Waals surface area contributed by atoms with Gasteiger partial charge in [0.2, 0.25) is 0 Å². The van der Waals surface area contributed by atoms with Gasteiger partial charge in [0, 0.05) is 24.0 Å². The lowest BCUT2D eigenvalue weighted by molar-refractivity contribution is -0.166. The molecule has 2 saturated heterocycles. The molecule has 2 aliphatic rings. The first kappa shape index (κ1) is 19.4. The van der Waals surface area contributed by atoms with Crippen molar-refractivity contribution in [2.24, 2.45) is 5.92 Å². The van der Waals surface area contributed by atoms with Gasteiger partial charge in [-0.15, -0.1) is 0 Å². The summed E-state index contributed by atoms with van der Waals surface area (Å²) in [4.78, 5) is 15.1. The Hall–Kier alpha value is -1.88. The van der Waals surface area contributed by atoms with Crippen molar-refractivity contribution in [2.45, 2.75) is 24.8 Å². The fraction of sp³-hybridized carbons (Fsp3) is 0.435. The summed E-state index contributed by atoms with van der Waals surface area (Å²) in [5, 5.41) is 0.773. The van der Waals surface area contributed by atoms with Gasteiger partial charge in [-0.3, -0.25) is 9.69 Å². The lowest BCUT2D eigenvalue weighted by Gasteiger charge is -2.53. The van der Waals surface area contributed by atoms with Crippen molar-refractivity contribution < 1.29 is 14.3 Å². The van der Waals surface area contributed by atoms with Gasteiger partial charge in [0.1, 0.15) is 0 Å². The van der Waals surface area contributed by atoms with Crippen molar-refractivity contribution in [3.05, 3.63) is 70.7 Å². The van der Waals surface area contributed by atoms with Gasteiger partial charge >= 0.3 is 5.97 Å². The summed E-state index contributed by atoms with van der Waals surface area (Å²) in [5.74, 6) is -0.121. The van der Waals surface area contributed by atoms with E-state index in [1.54, 1.807) is 0 Å². The van der Waals surface area contributed by atoms with Crippen LogP contribution in [0.25, 0.3) is 0 Å². The molecule has 2 atom stereocenters. The Morgan fingerprint density at radius 1 is 1.18 bits per heavy atom. The molecule has 5 heteroatoms. The zero-order valence-electron chi connectivity index (χ0n) is 16.1. The SMILES string of the molecule is CCOC(=O)[C@@H]1CCN(C2(c3ccccc3Cl)COC2)C[C@H]1c1ccccc1. The number of hydrogen-bond donors (Lipinski definition) is 0. The Labute approximate surface area is 171 Å². The molecule has 0 spiro atoms. The van der Waals surface area contributed by atoms with Crippen LogP contribution >= 0.6 is 11.6 Å². The van der Waals surface area contributed by atoms with E-state index in [9.17, 15) is 4.79 Å². The largest absolute Gasteiger partial charge is 0.466 e. The molecule has 0 N–H and O–H groups in total. The third-order valence-electron chi connectivity index (χ3n) is 6.09. The maximum absolute atomic E-state index is 12.7. The molecule has 2 aliphatic heterocycles. The summed E-state index contributed by atoms with van der Waals surface area (Å²) in [6.45, 7) is 5.13. The van der Waals surface area contributed by atoms with Gasteiger partial charge in [-0.05, 0) is 30.5 Å². The monoisotopic (exact) mass is 399 g/mol. The molecule has 28 heavy (non-hydrogen) atoms. The number of halogens is 1. The van der Waals surface area contributed by atoms with Crippen LogP contribution in [0.2, 0.25) is 5.02 Å². The topological polar surface area (TPSA) is 38.8 Å². The van der Waals surface area contributed by atoms with Crippen LogP contribution < -0.4 is 0 Å². The van der Waals surface area contributed by atoms with Gasteiger partial charge in [-0.1, -0.05) is 60.1 Å². The van der Waals surface area contributed by atoms with Gasteiger partial charge in [0.25, 0.3) is 0 Å². The highest BCUT2D eigenvalue weighted by Gasteiger charge is 2.50. The smallest absolute Gasteiger partial charge is 0.309 e. The minimum atomic E-state index is -0.217. The fourth-order valence-electron chi connectivity index (χ4n) is 4.55. The molecule has 0 unspecified atom stereocenters. The molecule has 0 saturated carbocycles. The van der Waals surface area contributed by atoms with E-state index in [0.29, 0.717) is 19.8 Å². The molecular formula is C23H26ClNO3. The number of nitrogens with zero attached hydrogens (tertiary/aromatic N) is 1. The first-order valence-corrected chi connectivity index (χ1v) is 10.3. The molecule has 148 valence electrons. The van der Waals surface area contributed by atoms with Crippen molar-refractivity contribution in [3.8, 4) is 0 Å². The molecular weight excluding hydrogens is 374 g/mol. The van der Waals surface area contributed by atoms with Gasteiger partial charge in [-0.2, -0.15) is 0 Å². The zero-order chi connectivity index (χ0) is 19.6. The predicted molar refractivity (Wildman–Crippen MR) is 109 cm³/mol.